The third-order valence-corrected chi connectivity index (χ3v) is 3.62. The van der Waals surface area contributed by atoms with Crippen molar-refractivity contribution in [2.45, 2.75) is 12.8 Å². The number of hydrogen-bond acceptors (Lipinski definition) is 6. The minimum Gasteiger partial charge on any atom is -0.350 e. The number of nitrogens with zero attached hydrogens (tertiary/aromatic N) is 4. The fourth-order valence-electron chi connectivity index (χ4n) is 2.04. The smallest absolute Gasteiger partial charge is 0.271 e. The molecule has 122 valence electrons. The largest absolute Gasteiger partial charge is 0.350 e. The first-order chi connectivity index (χ1) is 11.6. The summed E-state index contributed by atoms with van der Waals surface area (Å²) in [6, 6.07) is 9.53. The Hall–Kier alpha value is -2.80. The number of carbonyl (C=O) groups excluding carboxylic acids is 1. The molecule has 0 spiro atoms. The van der Waals surface area contributed by atoms with E-state index in [4.69, 9.17) is 16.1 Å². The lowest BCUT2D eigenvalue weighted by Crippen LogP contribution is -2.28. The first-order valence-electron chi connectivity index (χ1n) is 7.28. The second-order valence-corrected chi connectivity index (χ2v) is 5.56. The summed E-state index contributed by atoms with van der Waals surface area (Å²) >= 11 is 5.90. The average Bonchev–Trinajstić information content (AvgIpc) is 3.11. The van der Waals surface area contributed by atoms with Crippen LogP contribution in [0.25, 0.3) is 11.4 Å². The van der Waals surface area contributed by atoms with Gasteiger partial charge in [-0.3, -0.25) is 4.79 Å². The summed E-state index contributed by atoms with van der Waals surface area (Å²) < 4.78 is 5.28. The molecule has 24 heavy (non-hydrogen) atoms. The third kappa shape index (κ3) is 3.57. The van der Waals surface area contributed by atoms with Crippen LogP contribution in [0.1, 0.15) is 29.2 Å². The number of nitrogens with one attached hydrogen (secondary N) is 1. The van der Waals surface area contributed by atoms with Crippen LogP contribution in [-0.4, -0.2) is 32.6 Å². The maximum atomic E-state index is 12.1. The van der Waals surface area contributed by atoms with Crippen molar-refractivity contribution in [2.24, 2.45) is 0 Å². The van der Waals surface area contributed by atoms with Crippen molar-refractivity contribution in [3.05, 3.63) is 59.5 Å². The van der Waals surface area contributed by atoms with Crippen LogP contribution in [0, 0.1) is 0 Å². The molecule has 0 radical (unpaired) electrons. The van der Waals surface area contributed by atoms with Crippen molar-refractivity contribution in [3.8, 4) is 11.4 Å². The second kappa shape index (κ2) is 7.18. The van der Waals surface area contributed by atoms with Gasteiger partial charge in [0.05, 0.1) is 10.9 Å². The molecule has 3 aromatic rings. The molecular formula is C16H14ClN5O2. The summed E-state index contributed by atoms with van der Waals surface area (Å²) in [5.41, 5.74) is 1.01. The van der Waals surface area contributed by atoms with Gasteiger partial charge in [0.25, 0.3) is 5.91 Å². The zero-order chi connectivity index (χ0) is 16.9. The molecule has 2 aromatic heterocycles. The van der Waals surface area contributed by atoms with Gasteiger partial charge < -0.3 is 9.84 Å². The van der Waals surface area contributed by atoms with Crippen LogP contribution in [0.4, 0.5) is 0 Å². The van der Waals surface area contributed by atoms with Crippen LogP contribution >= 0.6 is 11.6 Å². The van der Waals surface area contributed by atoms with Crippen LogP contribution < -0.4 is 5.32 Å². The number of aromatic nitrogens is 4. The second-order valence-electron chi connectivity index (χ2n) is 5.15. The lowest BCUT2D eigenvalue weighted by Gasteiger charge is -2.08. The summed E-state index contributed by atoms with van der Waals surface area (Å²) in [4.78, 5) is 24.1. The lowest BCUT2D eigenvalue weighted by molar-refractivity contribution is 0.0945. The molecule has 1 N–H and O–H groups in total. The Morgan fingerprint density at radius 1 is 1.33 bits per heavy atom. The number of carbonyl (C=O) groups is 1. The Labute approximate surface area is 143 Å². The summed E-state index contributed by atoms with van der Waals surface area (Å²) in [6.45, 7) is 2.19. The van der Waals surface area contributed by atoms with Crippen molar-refractivity contribution in [1.82, 2.24) is 25.4 Å². The van der Waals surface area contributed by atoms with Crippen LogP contribution in [-0.2, 0) is 0 Å². The number of halogens is 1. The highest BCUT2D eigenvalue weighted by atomic mass is 35.5. The van der Waals surface area contributed by atoms with E-state index >= 15 is 0 Å². The van der Waals surface area contributed by atoms with E-state index in [9.17, 15) is 4.79 Å². The molecule has 1 amide bonds. The Morgan fingerprint density at radius 2 is 2.12 bits per heavy atom. The molecule has 8 heteroatoms. The zero-order valence-electron chi connectivity index (χ0n) is 12.8. The Bertz CT molecular complexity index is 837. The Balaban J connectivity index is 1.64. The molecule has 7 nitrogen and oxygen atoms in total. The third-order valence-electron chi connectivity index (χ3n) is 3.35. The van der Waals surface area contributed by atoms with Crippen molar-refractivity contribution in [1.29, 1.82) is 0 Å². The highest BCUT2D eigenvalue weighted by Gasteiger charge is 2.18. The van der Waals surface area contributed by atoms with Crippen molar-refractivity contribution >= 4 is 17.5 Å². The lowest BCUT2D eigenvalue weighted by atomic mass is 10.1. The van der Waals surface area contributed by atoms with Gasteiger partial charge in [-0.25, -0.2) is 9.97 Å². The summed E-state index contributed by atoms with van der Waals surface area (Å²) in [5, 5.41) is 6.91. The van der Waals surface area contributed by atoms with Crippen LogP contribution in [0.2, 0.25) is 5.02 Å². The van der Waals surface area contributed by atoms with Gasteiger partial charge in [0.2, 0.25) is 11.7 Å². The fraction of sp³-hybridized carbons (Fsp3) is 0.188. The number of rotatable bonds is 5. The standard InChI is InChI=1S/C16H14ClN5O2/c1-10(7-19-15(23)13-12(17)8-18-9-20-13)16-21-14(22-24-16)11-5-3-2-4-6-11/h2-6,8-10H,7H2,1H3,(H,19,23). The van der Waals surface area contributed by atoms with E-state index in [2.05, 4.69) is 25.4 Å². The molecule has 0 saturated heterocycles. The molecule has 0 bridgehead atoms. The summed E-state index contributed by atoms with van der Waals surface area (Å²) in [5.74, 6) is 0.433. The highest BCUT2D eigenvalue weighted by Crippen LogP contribution is 2.19. The van der Waals surface area contributed by atoms with Gasteiger partial charge in [0.15, 0.2) is 0 Å². The Kier molecular flexibility index (Phi) is 4.81. The van der Waals surface area contributed by atoms with Crippen LogP contribution in [0.3, 0.4) is 0 Å². The summed E-state index contributed by atoms with van der Waals surface area (Å²) in [7, 11) is 0. The fourth-order valence-corrected chi connectivity index (χ4v) is 2.23. The first-order valence-corrected chi connectivity index (χ1v) is 7.65. The molecule has 1 unspecified atom stereocenters. The maximum Gasteiger partial charge on any atom is 0.271 e. The van der Waals surface area contributed by atoms with E-state index in [0.717, 1.165) is 5.56 Å². The van der Waals surface area contributed by atoms with Gasteiger partial charge in [-0.2, -0.15) is 4.98 Å². The highest BCUT2D eigenvalue weighted by molar-refractivity contribution is 6.33. The zero-order valence-corrected chi connectivity index (χ0v) is 13.6. The van der Waals surface area contributed by atoms with Crippen LogP contribution in [0.5, 0.6) is 0 Å². The van der Waals surface area contributed by atoms with Gasteiger partial charge >= 0.3 is 0 Å². The molecule has 1 atom stereocenters. The topological polar surface area (TPSA) is 93.8 Å². The quantitative estimate of drug-likeness (QED) is 0.765. The number of benzene rings is 1. The van der Waals surface area contributed by atoms with Gasteiger partial charge in [-0.1, -0.05) is 54.0 Å². The average molecular weight is 344 g/mol. The van der Waals surface area contributed by atoms with E-state index < -0.39 is 0 Å². The van der Waals surface area contributed by atoms with Gasteiger partial charge in [-0.15, -0.1) is 0 Å². The molecule has 0 aliphatic rings. The minimum atomic E-state index is -0.378. The number of hydrogen-bond donors (Lipinski definition) is 1. The molecule has 3 rings (SSSR count). The van der Waals surface area contributed by atoms with Crippen molar-refractivity contribution in [2.75, 3.05) is 6.54 Å². The van der Waals surface area contributed by atoms with E-state index in [-0.39, 0.29) is 22.5 Å². The van der Waals surface area contributed by atoms with E-state index in [1.54, 1.807) is 0 Å². The predicted molar refractivity (Wildman–Crippen MR) is 87.5 cm³/mol. The minimum absolute atomic E-state index is 0.134. The van der Waals surface area contributed by atoms with E-state index in [0.29, 0.717) is 18.3 Å². The normalized spacial score (nSPS) is 11.9. The molecule has 0 aliphatic heterocycles. The van der Waals surface area contributed by atoms with Gasteiger partial charge in [-0.05, 0) is 0 Å². The summed E-state index contributed by atoms with van der Waals surface area (Å²) in [6.07, 6.45) is 2.64. The predicted octanol–water partition coefficient (Wildman–Crippen LogP) is 2.71. The Morgan fingerprint density at radius 3 is 2.88 bits per heavy atom. The van der Waals surface area contributed by atoms with E-state index in [1.165, 1.54) is 12.5 Å². The molecule has 2 heterocycles. The van der Waals surface area contributed by atoms with Crippen molar-refractivity contribution < 1.29 is 9.32 Å². The number of amides is 1. The molecule has 0 saturated carbocycles. The SMILES string of the molecule is CC(CNC(=O)c1ncncc1Cl)c1nc(-c2ccccc2)no1. The molecular weight excluding hydrogens is 330 g/mol. The van der Waals surface area contributed by atoms with Gasteiger partial charge in [0.1, 0.15) is 12.0 Å². The molecule has 0 aliphatic carbocycles. The molecule has 1 aromatic carbocycles. The van der Waals surface area contributed by atoms with Crippen LogP contribution in [0.15, 0.2) is 47.4 Å². The van der Waals surface area contributed by atoms with Crippen molar-refractivity contribution in [3.63, 3.8) is 0 Å². The van der Waals surface area contributed by atoms with E-state index in [1.807, 2.05) is 37.3 Å². The van der Waals surface area contributed by atoms with Gasteiger partial charge in [0, 0.05) is 18.3 Å². The first kappa shape index (κ1) is 16.1. The maximum absolute atomic E-state index is 12.1. The monoisotopic (exact) mass is 343 g/mol. The molecule has 0 fully saturated rings.